The molecule has 74 heavy (non-hydrogen) atoms. The number of anilines is 1. The number of hydrogen-bond donors (Lipinski definition) is 1. The van der Waals surface area contributed by atoms with Crippen LogP contribution in [0.1, 0.15) is 33.4 Å². The first-order valence-electron chi connectivity index (χ1n) is 25.3. The molecule has 346 valence electrons. The number of aromatic nitrogens is 3. The van der Waals surface area contributed by atoms with Crippen LogP contribution in [0.4, 0.5) is 5.69 Å². The van der Waals surface area contributed by atoms with E-state index in [9.17, 15) is 0 Å². The van der Waals surface area contributed by atoms with Crippen LogP contribution < -0.4 is 5.73 Å². The first-order valence-corrected chi connectivity index (χ1v) is 25.3. The zero-order chi connectivity index (χ0) is 49.1. The van der Waals surface area contributed by atoms with Crippen molar-refractivity contribution in [1.82, 2.24) is 14.1 Å². The van der Waals surface area contributed by atoms with Crippen LogP contribution in [-0.2, 0) is 5.41 Å². The van der Waals surface area contributed by atoms with Crippen molar-refractivity contribution >= 4 is 44.1 Å². The predicted molar refractivity (Wildman–Crippen MR) is 307 cm³/mol. The summed E-state index contributed by atoms with van der Waals surface area (Å²) in [5.74, 6) is 0.897. The predicted octanol–water partition coefficient (Wildman–Crippen LogP) is 17.1. The van der Waals surface area contributed by atoms with E-state index in [0.717, 1.165) is 89.5 Å². The lowest BCUT2D eigenvalue weighted by Gasteiger charge is -2.31. The highest BCUT2D eigenvalue weighted by molar-refractivity contribution is 6.09. The maximum absolute atomic E-state index is 7.02. The van der Waals surface area contributed by atoms with E-state index in [-0.39, 0.29) is 0 Å². The Morgan fingerprint density at radius 2 is 0.905 bits per heavy atom. The van der Waals surface area contributed by atoms with Crippen molar-refractivity contribution in [2.24, 2.45) is 0 Å². The molecule has 0 fully saturated rings. The zero-order valence-corrected chi connectivity index (χ0v) is 40.4. The SMILES string of the molecule is C=C(c1cc(-c2ccc(-c3nc4ccccc4n3-c3ccccc3)cc2)cc(-n2c3ccccc3c3ccccc32)c1)c1cc2c(cc1-c1ccccc1N)-c1ccccc1C21c2ccccc2-c2ccccc21. The normalized spacial score (nSPS) is 12.8. The van der Waals surface area contributed by atoms with Gasteiger partial charge in [-0.15, -0.1) is 0 Å². The standard InChI is InChI=1S/C70H46N4/c1-44(57-43-63-59(42-58(57)54-24-8-14-30-64(54)71)53-23-7-13-29-62(53)70(63)60-27-11-5-21-51(60)52-22-6-12-28-61(52)70)47-39-48(41-50(40-47)73-66-32-16-9-25-55(66)56-26-10-17-33-67(56)73)45-35-37-46(38-36-45)69-72-65-31-15-18-34-68(65)74(69)49-19-3-2-4-20-49/h2-43H,1,71H2. The Morgan fingerprint density at radius 1 is 0.378 bits per heavy atom. The van der Waals surface area contributed by atoms with Crippen molar-refractivity contribution in [3.05, 3.63) is 295 Å². The molecule has 0 bridgehead atoms. The molecule has 0 unspecified atom stereocenters. The number of nitrogens with two attached hydrogens (primary N) is 1. The van der Waals surface area contributed by atoms with Crippen LogP contribution in [0.15, 0.2) is 261 Å². The largest absolute Gasteiger partial charge is 0.398 e. The van der Waals surface area contributed by atoms with Gasteiger partial charge in [-0.25, -0.2) is 4.98 Å². The Labute approximate surface area is 429 Å². The molecule has 1 spiro atoms. The Hall–Kier alpha value is -9.77. The molecule has 2 aromatic heterocycles. The molecule has 0 atom stereocenters. The molecule has 2 N–H and O–H groups in total. The van der Waals surface area contributed by atoms with Crippen LogP contribution in [0.3, 0.4) is 0 Å². The van der Waals surface area contributed by atoms with E-state index >= 15 is 0 Å². The third kappa shape index (κ3) is 6.00. The van der Waals surface area contributed by atoms with Gasteiger partial charge in [-0.2, -0.15) is 0 Å². The van der Waals surface area contributed by atoms with E-state index in [1.54, 1.807) is 0 Å². The van der Waals surface area contributed by atoms with Crippen molar-refractivity contribution in [2.45, 2.75) is 5.41 Å². The third-order valence-corrected chi connectivity index (χ3v) is 15.9. The number of imidazole rings is 1. The van der Waals surface area contributed by atoms with Crippen LogP contribution in [0, 0.1) is 0 Å². The molecule has 13 aromatic rings. The lowest BCUT2D eigenvalue weighted by atomic mass is 9.70. The van der Waals surface area contributed by atoms with E-state index in [1.165, 1.54) is 55.3 Å². The van der Waals surface area contributed by atoms with Gasteiger partial charge in [-0.3, -0.25) is 4.57 Å². The van der Waals surface area contributed by atoms with Crippen molar-refractivity contribution in [1.29, 1.82) is 0 Å². The molecule has 0 saturated carbocycles. The third-order valence-electron chi connectivity index (χ3n) is 15.9. The summed E-state index contributed by atoms with van der Waals surface area (Å²) in [5, 5.41) is 2.42. The van der Waals surface area contributed by atoms with E-state index in [1.807, 2.05) is 12.1 Å². The van der Waals surface area contributed by atoms with E-state index in [2.05, 4.69) is 252 Å². The molecular weight excluding hydrogens is 897 g/mol. The molecule has 4 nitrogen and oxygen atoms in total. The van der Waals surface area contributed by atoms with Gasteiger partial charge in [0.25, 0.3) is 0 Å². The molecule has 15 rings (SSSR count). The van der Waals surface area contributed by atoms with Crippen molar-refractivity contribution < 1.29 is 0 Å². The number of nitrogens with zero attached hydrogens (tertiary/aromatic N) is 3. The zero-order valence-electron chi connectivity index (χ0n) is 40.4. The molecule has 4 heteroatoms. The van der Waals surface area contributed by atoms with Gasteiger partial charge >= 0.3 is 0 Å². The van der Waals surface area contributed by atoms with Gasteiger partial charge in [-0.05, 0) is 151 Å². The van der Waals surface area contributed by atoms with Crippen molar-refractivity contribution in [3.63, 3.8) is 0 Å². The minimum absolute atomic E-state index is 0.534. The van der Waals surface area contributed by atoms with Gasteiger partial charge in [0.15, 0.2) is 0 Å². The lowest BCUT2D eigenvalue weighted by Crippen LogP contribution is -2.26. The Kier molecular flexibility index (Phi) is 9.14. The second-order valence-corrected chi connectivity index (χ2v) is 19.7. The van der Waals surface area contributed by atoms with Gasteiger partial charge in [0.2, 0.25) is 0 Å². The summed E-state index contributed by atoms with van der Waals surface area (Å²) in [7, 11) is 0. The number of benzene rings is 11. The van der Waals surface area contributed by atoms with Crippen LogP contribution in [0.5, 0.6) is 0 Å². The minimum atomic E-state index is -0.534. The van der Waals surface area contributed by atoms with Crippen LogP contribution in [-0.4, -0.2) is 14.1 Å². The fourth-order valence-corrected chi connectivity index (χ4v) is 12.7. The maximum Gasteiger partial charge on any atom is 0.145 e. The van der Waals surface area contributed by atoms with Crippen molar-refractivity contribution in [2.75, 3.05) is 5.73 Å². The summed E-state index contributed by atoms with van der Waals surface area (Å²) in [6.07, 6.45) is 0. The van der Waals surface area contributed by atoms with Gasteiger partial charge in [-0.1, -0.05) is 189 Å². The monoisotopic (exact) mass is 942 g/mol. The van der Waals surface area contributed by atoms with Crippen LogP contribution >= 0.6 is 0 Å². The molecule has 0 amide bonds. The summed E-state index contributed by atoms with van der Waals surface area (Å²) < 4.78 is 4.67. The van der Waals surface area contributed by atoms with Gasteiger partial charge in [0.05, 0.1) is 27.5 Å². The number of rotatable bonds is 7. The number of nitrogen functional groups attached to an aromatic ring is 1. The summed E-state index contributed by atoms with van der Waals surface area (Å²) in [5.41, 5.74) is 32.0. The van der Waals surface area contributed by atoms with Crippen LogP contribution in [0.25, 0.3) is 106 Å². The molecule has 2 heterocycles. The minimum Gasteiger partial charge on any atom is -0.398 e. The molecule has 2 aliphatic carbocycles. The average Bonchev–Trinajstić information content (AvgIpc) is 4.19. The second kappa shape index (κ2) is 16.1. The molecule has 0 saturated heterocycles. The molecule has 2 aliphatic rings. The number of hydrogen-bond acceptors (Lipinski definition) is 2. The highest BCUT2D eigenvalue weighted by Gasteiger charge is 2.52. The summed E-state index contributed by atoms with van der Waals surface area (Å²) in [6, 6.07) is 92.3. The highest BCUT2D eigenvalue weighted by Crippen LogP contribution is 2.63. The van der Waals surface area contributed by atoms with E-state index in [0.29, 0.717) is 0 Å². The number of para-hydroxylation sites is 6. The Morgan fingerprint density at radius 3 is 1.55 bits per heavy atom. The van der Waals surface area contributed by atoms with Gasteiger partial charge in [0.1, 0.15) is 5.82 Å². The fraction of sp³-hybridized carbons (Fsp3) is 0.0143. The first kappa shape index (κ1) is 42.0. The van der Waals surface area contributed by atoms with E-state index < -0.39 is 5.41 Å². The summed E-state index contributed by atoms with van der Waals surface area (Å²) >= 11 is 0. The molecular formula is C70H46N4. The summed E-state index contributed by atoms with van der Waals surface area (Å²) in [6.45, 7) is 5.12. The fourth-order valence-electron chi connectivity index (χ4n) is 12.7. The molecule has 0 aliphatic heterocycles. The summed E-state index contributed by atoms with van der Waals surface area (Å²) in [4.78, 5) is 5.21. The van der Waals surface area contributed by atoms with E-state index in [4.69, 9.17) is 17.3 Å². The topological polar surface area (TPSA) is 48.8 Å². The smallest absolute Gasteiger partial charge is 0.145 e. The van der Waals surface area contributed by atoms with Crippen LogP contribution in [0.2, 0.25) is 0 Å². The van der Waals surface area contributed by atoms with Crippen molar-refractivity contribution in [3.8, 4) is 67.3 Å². The van der Waals surface area contributed by atoms with Gasteiger partial charge < -0.3 is 10.3 Å². The lowest BCUT2D eigenvalue weighted by molar-refractivity contribution is 0.793. The molecule has 0 radical (unpaired) electrons. The number of fused-ring (bicyclic) bond motifs is 14. The highest BCUT2D eigenvalue weighted by atomic mass is 15.1. The maximum atomic E-state index is 7.02. The molecule has 11 aromatic carbocycles. The Bertz CT molecular complexity index is 4360. The first-order chi connectivity index (χ1) is 36.5. The quantitative estimate of drug-likeness (QED) is 0.162. The Balaban J connectivity index is 0.967. The second-order valence-electron chi connectivity index (χ2n) is 19.7. The average molecular weight is 943 g/mol. The van der Waals surface area contributed by atoms with Gasteiger partial charge in [0, 0.05) is 39.0 Å².